The van der Waals surface area contributed by atoms with E-state index in [9.17, 15) is 17.3 Å². The Labute approximate surface area is 134 Å². The molecule has 0 aliphatic heterocycles. The summed E-state index contributed by atoms with van der Waals surface area (Å²) in [4.78, 5) is 0. The molecule has 0 heterocycles. The van der Waals surface area contributed by atoms with Gasteiger partial charge in [-0.1, -0.05) is 6.07 Å². The number of halogens is 4. The van der Waals surface area contributed by atoms with E-state index >= 15 is 0 Å². The molecule has 0 radical (unpaired) electrons. The van der Waals surface area contributed by atoms with Crippen LogP contribution in [0.3, 0.4) is 0 Å². The summed E-state index contributed by atoms with van der Waals surface area (Å²) in [5.41, 5.74) is -0.855. The van der Waals surface area contributed by atoms with Gasteiger partial charge in [0.25, 0.3) is 0 Å². The first-order valence-corrected chi connectivity index (χ1v) is 4.46. The molecule has 0 atom stereocenters. The Morgan fingerprint density at radius 1 is 1.19 bits per heavy atom. The smallest absolute Gasteiger partial charge is 0.488 e. The van der Waals surface area contributed by atoms with Crippen molar-refractivity contribution in [1.82, 2.24) is 0 Å². The molecule has 0 amide bonds. The van der Waals surface area contributed by atoms with Gasteiger partial charge in [0.15, 0.2) is 11.6 Å². The van der Waals surface area contributed by atoms with Crippen LogP contribution in [0.2, 0.25) is 0 Å². The van der Waals surface area contributed by atoms with Crippen LogP contribution < -0.4 is 61.6 Å². The van der Waals surface area contributed by atoms with Crippen molar-refractivity contribution in [3.8, 4) is 5.75 Å². The van der Waals surface area contributed by atoms with Crippen molar-refractivity contribution >= 4 is 12.4 Å². The number of hydrogen-bond acceptors (Lipinski definition) is 1. The van der Waals surface area contributed by atoms with Gasteiger partial charge in [0, 0.05) is 0 Å². The summed E-state index contributed by atoms with van der Waals surface area (Å²) in [6, 6.07) is 2.17. The summed E-state index contributed by atoms with van der Waals surface area (Å²) < 4.78 is 54.9. The third-order valence-corrected chi connectivity index (χ3v) is 1.70. The second kappa shape index (κ2) is 6.39. The minimum absolute atomic E-state index is 0. The third kappa shape index (κ3) is 4.75. The molecule has 0 aromatic heterocycles. The largest absolute Gasteiger partial charge is 1.00 e. The minimum atomic E-state index is -5.11. The number of hydrogen-bond donors (Lipinski definition) is 0. The molecule has 1 aromatic rings. The van der Waals surface area contributed by atoms with Crippen molar-refractivity contribution < 1.29 is 73.5 Å². The molecule has 1 nitrogen and oxygen atoms in total. The number of benzene rings is 1. The summed E-state index contributed by atoms with van der Waals surface area (Å²) in [7, 11) is 0. The molecule has 7 heteroatoms. The maximum Gasteiger partial charge on any atom is 1.00 e. The van der Waals surface area contributed by atoms with E-state index in [0.717, 1.165) is 6.07 Å². The van der Waals surface area contributed by atoms with Crippen LogP contribution in [0.1, 0.15) is 13.8 Å². The fourth-order valence-electron chi connectivity index (χ4n) is 1.07. The zero-order valence-electron chi connectivity index (χ0n) is 9.31. The molecule has 0 aliphatic carbocycles. The second-order valence-electron chi connectivity index (χ2n) is 3.43. The van der Waals surface area contributed by atoms with Gasteiger partial charge >= 0.3 is 58.4 Å². The maximum atomic E-state index is 13.0. The van der Waals surface area contributed by atoms with Gasteiger partial charge in [-0.15, -0.1) is 5.46 Å². The first-order chi connectivity index (χ1) is 6.80. The molecule has 1 aromatic carbocycles. The SMILES string of the molecule is CC(C)Oc1cc([B-](F)(F)F)ccc1F.[K+]. The fraction of sp³-hybridized carbons (Fsp3) is 0.333. The molecule has 0 aliphatic rings. The molecular formula is C9H10BF4KO. The van der Waals surface area contributed by atoms with Crippen LogP contribution in [0.25, 0.3) is 0 Å². The van der Waals surface area contributed by atoms with Gasteiger partial charge in [-0.25, -0.2) is 4.39 Å². The van der Waals surface area contributed by atoms with Crippen molar-refractivity contribution in [2.45, 2.75) is 20.0 Å². The van der Waals surface area contributed by atoms with Crippen molar-refractivity contribution in [3.63, 3.8) is 0 Å². The van der Waals surface area contributed by atoms with Crippen molar-refractivity contribution in [3.05, 3.63) is 24.0 Å². The summed E-state index contributed by atoms with van der Waals surface area (Å²) in [5.74, 6) is -1.14. The Bertz CT molecular complexity index is 354. The summed E-state index contributed by atoms with van der Waals surface area (Å²) in [5, 5.41) is 0. The molecule has 0 bridgehead atoms. The first kappa shape index (κ1) is 16.4. The van der Waals surface area contributed by atoms with Crippen molar-refractivity contribution in [1.29, 1.82) is 0 Å². The summed E-state index contributed by atoms with van der Waals surface area (Å²) in [6.07, 6.45) is -0.365. The van der Waals surface area contributed by atoms with E-state index in [4.69, 9.17) is 4.74 Å². The number of ether oxygens (including phenoxy) is 1. The molecule has 0 saturated carbocycles. The Balaban J connectivity index is 0.00000225. The molecule has 0 unspecified atom stereocenters. The third-order valence-electron chi connectivity index (χ3n) is 1.70. The predicted molar refractivity (Wildman–Crippen MR) is 50.9 cm³/mol. The molecule has 0 spiro atoms. The van der Waals surface area contributed by atoms with Gasteiger partial charge in [0.2, 0.25) is 0 Å². The Morgan fingerprint density at radius 2 is 1.75 bits per heavy atom. The molecular weight excluding hydrogens is 250 g/mol. The average molecular weight is 260 g/mol. The van der Waals surface area contributed by atoms with E-state index in [-0.39, 0.29) is 63.2 Å². The Hall–Kier alpha value is 0.441. The predicted octanol–water partition coefficient (Wildman–Crippen LogP) is -0.329. The monoisotopic (exact) mass is 260 g/mol. The standard InChI is InChI=1S/C9H10BF4O.K/c1-6(2)15-9-5-7(10(12,13)14)3-4-8(9)11;/h3-6H,1-2H3;/q-1;+1. The second-order valence-corrected chi connectivity index (χ2v) is 3.43. The fourth-order valence-corrected chi connectivity index (χ4v) is 1.07. The van der Waals surface area contributed by atoms with Gasteiger partial charge in [0.1, 0.15) is 0 Å². The Kier molecular flexibility index (Phi) is 6.57. The van der Waals surface area contributed by atoms with Crippen LogP contribution >= 0.6 is 0 Å². The molecule has 1 rings (SSSR count). The van der Waals surface area contributed by atoms with Crippen LogP contribution in [0.15, 0.2) is 18.2 Å². The van der Waals surface area contributed by atoms with E-state index in [2.05, 4.69) is 0 Å². The van der Waals surface area contributed by atoms with E-state index in [0.29, 0.717) is 12.1 Å². The molecule has 84 valence electrons. The van der Waals surface area contributed by atoms with Gasteiger partial charge in [-0.05, 0) is 26.0 Å². The molecule has 0 saturated heterocycles. The van der Waals surface area contributed by atoms with E-state index in [1.807, 2.05) is 0 Å². The van der Waals surface area contributed by atoms with Gasteiger partial charge in [-0.2, -0.15) is 0 Å². The quantitative estimate of drug-likeness (QED) is 0.534. The van der Waals surface area contributed by atoms with Crippen LogP contribution in [-0.4, -0.2) is 13.1 Å². The van der Waals surface area contributed by atoms with Crippen LogP contribution in [0.5, 0.6) is 5.75 Å². The topological polar surface area (TPSA) is 9.23 Å². The minimum Gasteiger partial charge on any atom is -0.488 e. The molecule has 0 N–H and O–H groups in total. The average Bonchev–Trinajstić information content (AvgIpc) is 2.06. The van der Waals surface area contributed by atoms with E-state index < -0.39 is 18.3 Å². The first-order valence-electron chi connectivity index (χ1n) is 4.46. The van der Waals surface area contributed by atoms with Crippen molar-refractivity contribution in [2.24, 2.45) is 0 Å². The molecule has 0 fully saturated rings. The zero-order valence-corrected chi connectivity index (χ0v) is 12.4. The summed E-state index contributed by atoms with van der Waals surface area (Å²) >= 11 is 0. The van der Waals surface area contributed by atoms with E-state index in [1.165, 1.54) is 0 Å². The number of rotatable bonds is 3. The normalized spacial score (nSPS) is 11.2. The maximum absolute atomic E-state index is 13.0. The van der Waals surface area contributed by atoms with Crippen LogP contribution in [0, 0.1) is 5.82 Å². The molecule has 16 heavy (non-hydrogen) atoms. The van der Waals surface area contributed by atoms with Gasteiger partial charge < -0.3 is 17.7 Å². The van der Waals surface area contributed by atoms with Gasteiger partial charge in [-0.3, -0.25) is 0 Å². The van der Waals surface area contributed by atoms with Crippen molar-refractivity contribution in [2.75, 3.05) is 0 Å². The zero-order chi connectivity index (χ0) is 11.6. The van der Waals surface area contributed by atoms with Crippen LogP contribution in [0.4, 0.5) is 17.3 Å². The Morgan fingerprint density at radius 3 is 2.19 bits per heavy atom. The van der Waals surface area contributed by atoms with Gasteiger partial charge in [0.05, 0.1) is 6.10 Å². The van der Waals surface area contributed by atoms with E-state index in [1.54, 1.807) is 13.8 Å². The summed E-state index contributed by atoms with van der Waals surface area (Å²) in [6.45, 7) is -1.88. The van der Waals surface area contributed by atoms with Crippen LogP contribution in [-0.2, 0) is 0 Å².